The summed E-state index contributed by atoms with van der Waals surface area (Å²) in [5.74, 6) is 0.986. The van der Waals surface area contributed by atoms with E-state index in [0.717, 1.165) is 11.3 Å². The molecule has 280 valence electrons. The predicted molar refractivity (Wildman–Crippen MR) is 195 cm³/mol. The van der Waals surface area contributed by atoms with Crippen LogP contribution in [0.5, 0.6) is 5.75 Å². The Morgan fingerprint density at radius 1 is 0.868 bits per heavy atom. The molecule has 0 saturated carbocycles. The van der Waals surface area contributed by atoms with Gasteiger partial charge in [0.05, 0.1) is 17.0 Å². The fourth-order valence-electron chi connectivity index (χ4n) is 6.17. The molecule has 2 fully saturated rings. The molecule has 3 aromatic rings. The molecular formula is C36H40N6O10S. The maximum Gasteiger partial charge on any atom is 0.415 e. The number of nitrogens with zero attached hydrogens (tertiary/aromatic N) is 5. The molecule has 2 aliphatic heterocycles. The Morgan fingerprint density at radius 3 is 1.98 bits per heavy atom. The van der Waals surface area contributed by atoms with Crippen LogP contribution in [-0.2, 0) is 33.2 Å². The number of carbonyl (C=O) groups excluding carboxylic acids is 3. The third kappa shape index (κ3) is 10.2. The molecule has 3 atom stereocenters. The van der Waals surface area contributed by atoms with Crippen molar-refractivity contribution in [2.24, 2.45) is 5.92 Å². The van der Waals surface area contributed by atoms with E-state index in [1.165, 1.54) is 65.3 Å². The Morgan fingerprint density at radius 2 is 1.43 bits per heavy atom. The van der Waals surface area contributed by atoms with Crippen LogP contribution in [0.15, 0.2) is 72.8 Å². The van der Waals surface area contributed by atoms with Gasteiger partial charge in [0, 0.05) is 61.4 Å². The Hall–Kier alpha value is -5.71. The third-order valence-corrected chi connectivity index (χ3v) is 10.4. The van der Waals surface area contributed by atoms with Gasteiger partial charge in [0.25, 0.3) is 11.4 Å². The van der Waals surface area contributed by atoms with Gasteiger partial charge in [-0.25, -0.2) is 9.59 Å². The fourth-order valence-corrected chi connectivity index (χ4v) is 7.37. The van der Waals surface area contributed by atoms with Crippen LogP contribution in [-0.4, -0.2) is 93.1 Å². The van der Waals surface area contributed by atoms with Crippen molar-refractivity contribution in [1.82, 2.24) is 14.7 Å². The van der Waals surface area contributed by atoms with Gasteiger partial charge in [-0.1, -0.05) is 12.1 Å². The van der Waals surface area contributed by atoms with Gasteiger partial charge in [0.2, 0.25) is 5.91 Å². The molecule has 0 unspecified atom stereocenters. The molecular weight excluding hydrogens is 708 g/mol. The minimum Gasteiger partial charge on any atom is -0.497 e. The van der Waals surface area contributed by atoms with E-state index in [9.17, 15) is 34.6 Å². The van der Waals surface area contributed by atoms with Gasteiger partial charge in [-0.2, -0.15) is 11.8 Å². The van der Waals surface area contributed by atoms with E-state index < -0.39 is 28.1 Å². The van der Waals surface area contributed by atoms with Gasteiger partial charge in [0.15, 0.2) is 0 Å². The fraction of sp³-hybridized carbons (Fsp3) is 0.389. The summed E-state index contributed by atoms with van der Waals surface area (Å²) in [4.78, 5) is 65.8. The standard InChI is InChI=1S/C36H40N6O10S/c1-24(37)39(35(44)51-21-25-3-9-29(10-4-25)41(46)47)19-28-15-16-38(18-28)34(43)33-17-32(53-23-27-7-13-31(50-2)14-8-27)20-40(33)36(45)52-22-26-5-11-30(12-6-26)42(48)49/h3-14,28,32-33,37H,15-23H2,1-2H3/t28-,32+,33+/m1/s1. The average Bonchev–Trinajstić information content (AvgIpc) is 3.82. The summed E-state index contributed by atoms with van der Waals surface area (Å²) in [5.41, 5.74) is 2.02. The first-order chi connectivity index (χ1) is 25.4. The summed E-state index contributed by atoms with van der Waals surface area (Å²) in [7, 11) is 1.60. The monoisotopic (exact) mass is 748 g/mol. The van der Waals surface area contributed by atoms with Crippen LogP contribution in [0.3, 0.4) is 0 Å². The minimum absolute atomic E-state index is 0.0297. The number of rotatable bonds is 13. The summed E-state index contributed by atoms with van der Waals surface area (Å²) in [6, 6.07) is 18.2. The summed E-state index contributed by atoms with van der Waals surface area (Å²) >= 11 is 1.64. The largest absolute Gasteiger partial charge is 0.497 e. The number of hydrogen-bond acceptors (Lipinski definition) is 12. The molecule has 1 N–H and O–H groups in total. The van der Waals surface area contributed by atoms with Crippen LogP contribution in [0.1, 0.15) is 36.5 Å². The molecule has 0 bridgehead atoms. The highest BCUT2D eigenvalue weighted by molar-refractivity contribution is 7.99. The van der Waals surface area contributed by atoms with Crippen LogP contribution < -0.4 is 4.74 Å². The molecule has 0 spiro atoms. The molecule has 0 aromatic heterocycles. The van der Waals surface area contributed by atoms with E-state index >= 15 is 0 Å². The lowest BCUT2D eigenvalue weighted by molar-refractivity contribution is -0.385. The van der Waals surface area contributed by atoms with Gasteiger partial charge in [-0.05, 0) is 78.8 Å². The molecule has 3 aromatic carbocycles. The van der Waals surface area contributed by atoms with Gasteiger partial charge in [-0.15, -0.1) is 0 Å². The third-order valence-electron chi connectivity index (χ3n) is 9.11. The summed E-state index contributed by atoms with van der Waals surface area (Å²) in [6.07, 6.45) is -0.423. The van der Waals surface area contributed by atoms with Crippen molar-refractivity contribution in [3.05, 3.63) is 110 Å². The number of benzene rings is 3. The average molecular weight is 749 g/mol. The van der Waals surface area contributed by atoms with E-state index in [4.69, 9.17) is 19.6 Å². The van der Waals surface area contributed by atoms with Crippen LogP contribution >= 0.6 is 11.8 Å². The second-order valence-electron chi connectivity index (χ2n) is 12.8. The molecule has 0 aliphatic carbocycles. The van der Waals surface area contributed by atoms with Crippen molar-refractivity contribution in [2.45, 2.75) is 50.0 Å². The molecule has 16 nitrogen and oxygen atoms in total. The number of carbonyl (C=O) groups is 3. The van der Waals surface area contributed by atoms with Gasteiger partial charge in [0.1, 0.15) is 30.8 Å². The van der Waals surface area contributed by atoms with E-state index in [0.29, 0.717) is 42.8 Å². The maximum absolute atomic E-state index is 14.1. The van der Waals surface area contributed by atoms with Crippen molar-refractivity contribution in [3.8, 4) is 5.75 Å². The number of ether oxygens (including phenoxy) is 3. The van der Waals surface area contributed by atoms with Crippen molar-refractivity contribution in [3.63, 3.8) is 0 Å². The van der Waals surface area contributed by atoms with E-state index in [-0.39, 0.29) is 60.6 Å². The highest BCUT2D eigenvalue weighted by atomic mass is 32.2. The number of amidine groups is 1. The summed E-state index contributed by atoms with van der Waals surface area (Å²) in [5, 5.41) is 30.1. The number of likely N-dealkylation sites (tertiary alicyclic amines) is 2. The van der Waals surface area contributed by atoms with Crippen molar-refractivity contribution in [2.75, 3.05) is 33.3 Å². The highest BCUT2D eigenvalue weighted by Gasteiger charge is 2.44. The number of nitro benzene ring substituents is 2. The summed E-state index contributed by atoms with van der Waals surface area (Å²) in [6.45, 7) is 2.35. The number of nitrogens with one attached hydrogen (secondary N) is 1. The van der Waals surface area contributed by atoms with Crippen LogP contribution in [0.2, 0.25) is 0 Å². The Balaban J connectivity index is 1.20. The first-order valence-corrected chi connectivity index (χ1v) is 17.9. The van der Waals surface area contributed by atoms with E-state index in [1.807, 2.05) is 24.3 Å². The Kier molecular flexibility index (Phi) is 12.8. The molecule has 0 radical (unpaired) electrons. The topological polar surface area (TPSA) is 199 Å². The zero-order valence-corrected chi connectivity index (χ0v) is 30.1. The number of nitro groups is 2. The molecule has 3 amide bonds. The predicted octanol–water partition coefficient (Wildman–Crippen LogP) is 6.01. The lowest BCUT2D eigenvalue weighted by Gasteiger charge is -2.28. The maximum atomic E-state index is 14.1. The van der Waals surface area contributed by atoms with Gasteiger partial charge in [-0.3, -0.25) is 40.2 Å². The second kappa shape index (κ2) is 17.7. The van der Waals surface area contributed by atoms with Crippen molar-refractivity contribution >= 4 is 47.1 Å². The zero-order chi connectivity index (χ0) is 38.1. The van der Waals surface area contributed by atoms with Crippen molar-refractivity contribution in [1.29, 1.82) is 5.41 Å². The Labute approximate surface area is 309 Å². The molecule has 17 heteroatoms. The number of thioether (sulfide) groups is 1. The number of methoxy groups -OCH3 is 1. The van der Waals surface area contributed by atoms with Gasteiger partial charge >= 0.3 is 12.2 Å². The summed E-state index contributed by atoms with van der Waals surface area (Å²) < 4.78 is 16.3. The zero-order valence-electron chi connectivity index (χ0n) is 29.3. The molecule has 2 heterocycles. The first kappa shape index (κ1) is 38.5. The highest BCUT2D eigenvalue weighted by Crippen LogP contribution is 2.33. The lowest BCUT2D eigenvalue weighted by atomic mass is 10.1. The number of non-ortho nitro benzene ring substituents is 2. The molecule has 2 saturated heterocycles. The Bertz CT molecular complexity index is 1810. The molecule has 2 aliphatic rings. The van der Waals surface area contributed by atoms with Crippen LogP contribution in [0.25, 0.3) is 0 Å². The van der Waals surface area contributed by atoms with Crippen LogP contribution in [0, 0.1) is 31.6 Å². The first-order valence-electron chi connectivity index (χ1n) is 16.8. The van der Waals surface area contributed by atoms with E-state index in [1.54, 1.807) is 23.8 Å². The van der Waals surface area contributed by atoms with Crippen molar-refractivity contribution < 1.29 is 38.4 Å². The van der Waals surface area contributed by atoms with E-state index in [2.05, 4.69) is 0 Å². The van der Waals surface area contributed by atoms with Crippen LogP contribution in [0.4, 0.5) is 21.0 Å². The normalized spacial score (nSPS) is 18.0. The number of amides is 3. The smallest absolute Gasteiger partial charge is 0.415 e. The lowest BCUT2D eigenvalue weighted by Crippen LogP contribution is -2.47. The molecule has 5 rings (SSSR count). The number of hydrogen-bond donors (Lipinski definition) is 1. The quantitative estimate of drug-likeness (QED) is 0.0930. The SMILES string of the molecule is COc1ccc(CS[C@H]2C[C@@H](C(=O)N3CC[C@@H](CN(C(C)=N)C(=O)OCc4ccc([N+](=O)[O-])cc4)C3)N(C(=O)OCc3ccc([N+](=O)[O-])cc3)C2)cc1. The van der Waals surface area contributed by atoms with Gasteiger partial charge < -0.3 is 19.1 Å². The molecule has 53 heavy (non-hydrogen) atoms. The minimum atomic E-state index is -0.779. The second-order valence-corrected chi connectivity index (χ2v) is 14.1.